The molecule has 150 valence electrons. The molecule has 7 nitrogen and oxygen atoms in total. The molecule has 28 heavy (non-hydrogen) atoms. The maximum atomic E-state index is 12.0. The number of amides is 1. The molecule has 0 unspecified atom stereocenters. The average Bonchev–Trinajstić information content (AvgIpc) is 2.68. The van der Waals surface area contributed by atoms with Crippen LogP contribution in [0, 0.1) is 6.92 Å². The zero-order valence-electron chi connectivity index (χ0n) is 16.8. The number of carbonyl (C=O) groups is 1. The number of nitrogens with zero attached hydrogens (tertiary/aromatic N) is 3. The van der Waals surface area contributed by atoms with E-state index in [1.165, 1.54) is 0 Å². The minimum atomic E-state index is -0.345. The van der Waals surface area contributed by atoms with Gasteiger partial charge in [0.15, 0.2) is 0 Å². The third-order valence-electron chi connectivity index (χ3n) is 4.90. The molecule has 1 aliphatic carbocycles. The van der Waals surface area contributed by atoms with Crippen molar-refractivity contribution in [2.45, 2.75) is 51.3 Å². The van der Waals surface area contributed by atoms with Gasteiger partial charge in [-0.25, -0.2) is 14.8 Å². The van der Waals surface area contributed by atoms with E-state index in [9.17, 15) is 4.79 Å². The predicted molar refractivity (Wildman–Crippen MR) is 111 cm³/mol. The van der Waals surface area contributed by atoms with Gasteiger partial charge in [-0.3, -0.25) is 0 Å². The van der Waals surface area contributed by atoms with Gasteiger partial charge in [-0.2, -0.15) is 0 Å². The fourth-order valence-electron chi connectivity index (χ4n) is 3.38. The summed E-state index contributed by atoms with van der Waals surface area (Å²) < 4.78 is 5.31. The first-order chi connectivity index (χ1) is 13.5. The number of nitrogens with one attached hydrogen (secondary N) is 2. The monoisotopic (exact) mass is 383 g/mol. The van der Waals surface area contributed by atoms with E-state index in [4.69, 9.17) is 4.74 Å². The first-order valence-electron chi connectivity index (χ1n) is 9.76. The van der Waals surface area contributed by atoms with Gasteiger partial charge in [0, 0.05) is 32.2 Å². The van der Waals surface area contributed by atoms with E-state index in [0.717, 1.165) is 48.7 Å². The second-order valence-corrected chi connectivity index (χ2v) is 7.45. The molecule has 1 aromatic heterocycles. The molecule has 1 saturated carbocycles. The van der Waals surface area contributed by atoms with Crippen LogP contribution in [0.2, 0.25) is 0 Å². The van der Waals surface area contributed by atoms with Crippen LogP contribution in [-0.4, -0.2) is 42.2 Å². The van der Waals surface area contributed by atoms with Gasteiger partial charge < -0.3 is 20.3 Å². The molecule has 0 aliphatic heterocycles. The molecule has 0 bridgehead atoms. The maximum Gasteiger partial charge on any atom is 0.407 e. The Balaban J connectivity index is 1.42. The molecule has 2 N–H and O–H groups in total. The van der Waals surface area contributed by atoms with Crippen molar-refractivity contribution in [3.8, 4) is 0 Å². The Kier molecular flexibility index (Phi) is 6.68. The molecule has 1 aromatic carbocycles. The van der Waals surface area contributed by atoms with E-state index < -0.39 is 0 Å². The predicted octanol–water partition coefficient (Wildman–Crippen LogP) is 3.50. The quantitative estimate of drug-likeness (QED) is 0.795. The summed E-state index contributed by atoms with van der Waals surface area (Å²) in [6.45, 7) is 2.20. The Labute approximate surface area is 166 Å². The lowest BCUT2D eigenvalue weighted by molar-refractivity contribution is 0.132. The molecule has 2 aromatic rings. The molecular formula is C21H29N5O2. The molecule has 3 rings (SSSR count). The second kappa shape index (κ2) is 9.39. The number of rotatable bonds is 6. The minimum Gasteiger partial charge on any atom is -0.445 e. The molecule has 1 fully saturated rings. The normalized spacial score (nSPS) is 19.0. The summed E-state index contributed by atoms with van der Waals surface area (Å²) in [7, 11) is 3.94. The van der Waals surface area contributed by atoms with Crippen LogP contribution in [-0.2, 0) is 11.3 Å². The van der Waals surface area contributed by atoms with E-state index in [-0.39, 0.29) is 12.1 Å². The van der Waals surface area contributed by atoms with Gasteiger partial charge in [0.25, 0.3) is 0 Å². The summed E-state index contributed by atoms with van der Waals surface area (Å²) in [6, 6.07) is 12.2. The van der Waals surface area contributed by atoms with E-state index in [1.54, 1.807) is 0 Å². The fraction of sp³-hybridized carbons (Fsp3) is 0.476. The van der Waals surface area contributed by atoms with Crippen LogP contribution in [0.3, 0.4) is 0 Å². The number of aryl methyl sites for hydroxylation is 1. The lowest BCUT2D eigenvalue weighted by Gasteiger charge is -2.30. The lowest BCUT2D eigenvalue weighted by Crippen LogP contribution is -2.40. The van der Waals surface area contributed by atoms with Crippen LogP contribution < -0.4 is 15.5 Å². The topological polar surface area (TPSA) is 79.4 Å². The molecule has 0 saturated heterocycles. The van der Waals surface area contributed by atoms with Crippen molar-refractivity contribution in [3.05, 3.63) is 47.8 Å². The zero-order valence-corrected chi connectivity index (χ0v) is 16.8. The Hall–Kier alpha value is -2.83. The standard InChI is InChI=1S/C21H29N5O2/c1-15-22-19(13-20(23-15)26(2)3)24-17-9-11-18(12-10-17)25-21(27)28-14-16-7-5-4-6-8-16/h4-8,13,17-18H,9-12,14H2,1-3H3,(H,25,27)(H,22,23,24). The first-order valence-corrected chi connectivity index (χ1v) is 9.76. The zero-order chi connectivity index (χ0) is 19.9. The van der Waals surface area contributed by atoms with E-state index in [1.807, 2.05) is 62.3 Å². The third kappa shape index (κ3) is 5.84. The van der Waals surface area contributed by atoms with Gasteiger partial charge in [0.2, 0.25) is 0 Å². The SMILES string of the molecule is Cc1nc(NC2CCC(NC(=O)OCc3ccccc3)CC2)cc(N(C)C)n1. The summed E-state index contributed by atoms with van der Waals surface area (Å²) in [4.78, 5) is 22.9. The van der Waals surface area contributed by atoms with E-state index >= 15 is 0 Å². The molecule has 0 spiro atoms. The highest BCUT2D eigenvalue weighted by Crippen LogP contribution is 2.23. The van der Waals surface area contributed by atoms with Crippen LogP contribution >= 0.6 is 0 Å². The Morgan fingerprint density at radius 1 is 1.11 bits per heavy atom. The van der Waals surface area contributed by atoms with Crippen molar-refractivity contribution < 1.29 is 9.53 Å². The van der Waals surface area contributed by atoms with Crippen molar-refractivity contribution in [2.75, 3.05) is 24.3 Å². The molecular weight excluding hydrogens is 354 g/mol. The molecule has 1 aliphatic rings. The molecule has 0 radical (unpaired) electrons. The number of hydrogen-bond acceptors (Lipinski definition) is 6. The summed E-state index contributed by atoms with van der Waals surface area (Å²) in [6.07, 6.45) is 3.45. The smallest absolute Gasteiger partial charge is 0.407 e. The number of alkyl carbamates (subject to hydrolysis) is 1. The number of aromatic nitrogens is 2. The third-order valence-corrected chi connectivity index (χ3v) is 4.90. The van der Waals surface area contributed by atoms with Gasteiger partial charge in [-0.15, -0.1) is 0 Å². The highest BCUT2D eigenvalue weighted by molar-refractivity contribution is 5.67. The van der Waals surface area contributed by atoms with Crippen molar-refractivity contribution in [3.63, 3.8) is 0 Å². The fourth-order valence-corrected chi connectivity index (χ4v) is 3.38. The first kappa shape index (κ1) is 19.9. The highest BCUT2D eigenvalue weighted by Gasteiger charge is 2.23. The van der Waals surface area contributed by atoms with Gasteiger partial charge >= 0.3 is 6.09 Å². The van der Waals surface area contributed by atoms with Crippen LogP contribution in [0.5, 0.6) is 0 Å². The largest absolute Gasteiger partial charge is 0.445 e. The summed E-state index contributed by atoms with van der Waals surface area (Å²) in [5.74, 6) is 2.51. The van der Waals surface area contributed by atoms with Gasteiger partial charge in [0.05, 0.1) is 0 Å². The number of hydrogen-bond donors (Lipinski definition) is 2. The molecule has 7 heteroatoms. The number of ether oxygens (including phenoxy) is 1. The highest BCUT2D eigenvalue weighted by atomic mass is 16.5. The van der Waals surface area contributed by atoms with Crippen LogP contribution in [0.4, 0.5) is 16.4 Å². The van der Waals surface area contributed by atoms with Gasteiger partial charge in [-0.05, 0) is 38.2 Å². The van der Waals surface area contributed by atoms with Crippen molar-refractivity contribution in [1.82, 2.24) is 15.3 Å². The van der Waals surface area contributed by atoms with Gasteiger partial charge in [0.1, 0.15) is 24.1 Å². The lowest BCUT2D eigenvalue weighted by atomic mass is 9.91. The summed E-state index contributed by atoms with van der Waals surface area (Å²) >= 11 is 0. The molecule has 1 heterocycles. The second-order valence-electron chi connectivity index (χ2n) is 7.45. The maximum absolute atomic E-state index is 12.0. The number of anilines is 2. The molecule has 0 atom stereocenters. The minimum absolute atomic E-state index is 0.158. The Bertz CT molecular complexity index is 774. The number of carbonyl (C=O) groups excluding carboxylic acids is 1. The Morgan fingerprint density at radius 2 is 1.79 bits per heavy atom. The van der Waals surface area contributed by atoms with E-state index in [2.05, 4.69) is 20.6 Å². The summed E-state index contributed by atoms with van der Waals surface area (Å²) in [5.41, 5.74) is 0.989. The van der Waals surface area contributed by atoms with Gasteiger partial charge in [-0.1, -0.05) is 30.3 Å². The van der Waals surface area contributed by atoms with Crippen molar-refractivity contribution >= 4 is 17.7 Å². The number of benzene rings is 1. The van der Waals surface area contributed by atoms with Crippen LogP contribution in [0.25, 0.3) is 0 Å². The van der Waals surface area contributed by atoms with Crippen molar-refractivity contribution in [1.29, 1.82) is 0 Å². The summed E-state index contributed by atoms with van der Waals surface area (Å²) in [5, 5.41) is 6.50. The van der Waals surface area contributed by atoms with Crippen LogP contribution in [0.15, 0.2) is 36.4 Å². The van der Waals surface area contributed by atoms with Crippen LogP contribution in [0.1, 0.15) is 37.1 Å². The van der Waals surface area contributed by atoms with Crippen molar-refractivity contribution in [2.24, 2.45) is 0 Å². The Morgan fingerprint density at radius 3 is 2.46 bits per heavy atom. The van der Waals surface area contributed by atoms with E-state index in [0.29, 0.717) is 12.6 Å². The molecule has 1 amide bonds. The average molecular weight is 383 g/mol.